The molecule has 1 aromatic carbocycles. The molecular weight excluding hydrogens is 398 g/mol. The average molecular weight is 426 g/mol. The predicted molar refractivity (Wildman–Crippen MR) is 124 cm³/mol. The van der Waals surface area contributed by atoms with Crippen LogP contribution in [0.2, 0.25) is 0 Å². The van der Waals surface area contributed by atoms with E-state index in [0.29, 0.717) is 12.2 Å². The van der Waals surface area contributed by atoms with Gasteiger partial charge in [-0.3, -0.25) is 14.7 Å². The third-order valence-electron chi connectivity index (χ3n) is 6.09. The maximum absolute atomic E-state index is 13.0. The van der Waals surface area contributed by atoms with E-state index in [9.17, 15) is 4.79 Å². The molecule has 1 fully saturated rings. The number of imidazole rings is 1. The maximum Gasteiger partial charge on any atom is 0.272 e. The minimum Gasteiger partial charge on any atom is -0.350 e. The van der Waals surface area contributed by atoms with E-state index in [-0.39, 0.29) is 11.9 Å². The number of hydrogen-bond acceptors (Lipinski definition) is 4. The van der Waals surface area contributed by atoms with Gasteiger partial charge in [0.15, 0.2) is 5.69 Å². The van der Waals surface area contributed by atoms with E-state index in [2.05, 4.69) is 37.8 Å². The van der Waals surface area contributed by atoms with Gasteiger partial charge in [-0.15, -0.1) is 0 Å². The molecule has 0 spiro atoms. The summed E-state index contributed by atoms with van der Waals surface area (Å²) in [6, 6.07) is 22.3. The van der Waals surface area contributed by atoms with Crippen LogP contribution >= 0.6 is 0 Å². The fraction of sp³-hybridized carbons (Fsp3) is 0.269. The number of pyridine rings is 2. The second kappa shape index (κ2) is 9.32. The van der Waals surface area contributed by atoms with E-state index in [1.807, 2.05) is 60.9 Å². The van der Waals surface area contributed by atoms with Crippen LogP contribution in [0.4, 0.5) is 0 Å². The fourth-order valence-corrected chi connectivity index (χ4v) is 4.52. The van der Waals surface area contributed by atoms with E-state index in [1.165, 1.54) is 5.56 Å². The van der Waals surface area contributed by atoms with E-state index < -0.39 is 0 Å². The lowest BCUT2D eigenvalue weighted by Crippen LogP contribution is -2.27. The lowest BCUT2D eigenvalue weighted by Gasteiger charge is -2.23. The molecule has 1 atom stereocenters. The smallest absolute Gasteiger partial charge is 0.272 e. The number of benzene rings is 1. The Bertz CT molecular complexity index is 1190. The zero-order chi connectivity index (χ0) is 21.8. The first kappa shape index (κ1) is 20.4. The summed E-state index contributed by atoms with van der Waals surface area (Å²) in [5, 5.41) is 3.06. The van der Waals surface area contributed by atoms with Crippen LogP contribution in [0.5, 0.6) is 0 Å². The van der Waals surface area contributed by atoms with Gasteiger partial charge in [0.2, 0.25) is 0 Å². The first-order chi connectivity index (χ1) is 15.8. The van der Waals surface area contributed by atoms with Crippen molar-refractivity contribution in [3.05, 3.63) is 102 Å². The summed E-state index contributed by atoms with van der Waals surface area (Å²) in [6.07, 6.45) is 6.78. The summed E-state index contributed by atoms with van der Waals surface area (Å²) < 4.78 is 2.08. The minimum atomic E-state index is -0.120. The Hall–Kier alpha value is -3.51. The number of nitrogens with zero attached hydrogens (tertiary/aromatic N) is 4. The van der Waals surface area contributed by atoms with Gasteiger partial charge < -0.3 is 9.72 Å². The molecule has 6 heteroatoms. The zero-order valence-corrected chi connectivity index (χ0v) is 18.0. The first-order valence-electron chi connectivity index (χ1n) is 11.2. The molecule has 162 valence electrons. The molecule has 0 aliphatic carbocycles. The van der Waals surface area contributed by atoms with Crippen LogP contribution in [0, 0.1) is 0 Å². The molecule has 0 bridgehead atoms. The topological polar surface area (TPSA) is 62.5 Å². The highest BCUT2D eigenvalue weighted by Crippen LogP contribution is 2.33. The van der Waals surface area contributed by atoms with Gasteiger partial charge in [-0.2, -0.15) is 0 Å². The molecule has 1 N–H and O–H groups in total. The van der Waals surface area contributed by atoms with Crippen LogP contribution in [0.1, 0.15) is 46.5 Å². The van der Waals surface area contributed by atoms with E-state index >= 15 is 0 Å². The monoisotopic (exact) mass is 425 g/mol. The van der Waals surface area contributed by atoms with Gasteiger partial charge in [-0.1, -0.05) is 42.5 Å². The Morgan fingerprint density at radius 2 is 1.88 bits per heavy atom. The molecule has 0 saturated carbocycles. The molecule has 1 aliphatic heterocycles. The van der Waals surface area contributed by atoms with E-state index in [0.717, 1.165) is 49.4 Å². The van der Waals surface area contributed by atoms with Crippen LogP contribution in [0.3, 0.4) is 0 Å². The van der Waals surface area contributed by atoms with Crippen molar-refractivity contribution in [1.29, 1.82) is 0 Å². The second-order valence-corrected chi connectivity index (χ2v) is 8.22. The van der Waals surface area contributed by atoms with E-state index in [1.54, 1.807) is 0 Å². The van der Waals surface area contributed by atoms with Crippen LogP contribution in [0.15, 0.2) is 79.1 Å². The quantitative estimate of drug-likeness (QED) is 0.485. The molecule has 1 amide bonds. The standard InChI is InChI=1S/C26H27N5O/c32-26(28-16-14-20-9-2-1-3-10-20)24-22-12-5-7-18-31(22)25(29-24)23-13-8-17-30(23)19-21-11-4-6-15-27-21/h1-7,9-12,15,18,23H,8,13-14,16-17,19H2,(H,28,32)/t23-/m1/s1. The molecule has 0 unspecified atom stereocenters. The third-order valence-corrected chi connectivity index (χ3v) is 6.09. The van der Waals surface area contributed by atoms with Gasteiger partial charge in [-0.05, 0) is 55.6 Å². The molecule has 4 heterocycles. The molecule has 0 radical (unpaired) electrons. The normalized spacial score (nSPS) is 16.4. The number of amides is 1. The van der Waals surface area contributed by atoms with Crippen molar-refractivity contribution >= 4 is 11.4 Å². The maximum atomic E-state index is 13.0. The van der Waals surface area contributed by atoms with E-state index in [4.69, 9.17) is 4.98 Å². The summed E-state index contributed by atoms with van der Waals surface area (Å²) in [5.41, 5.74) is 3.61. The summed E-state index contributed by atoms with van der Waals surface area (Å²) in [4.78, 5) is 24.8. The second-order valence-electron chi connectivity index (χ2n) is 8.22. The van der Waals surface area contributed by atoms with Crippen molar-refractivity contribution in [2.75, 3.05) is 13.1 Å². The molecule has 1 saturated heterocycles. The number of likely N-dealkylation sites (tertiary alicyclic amines) is 1. The highest BCUT2D eigenvalue weighted by atomic mass is 16.1. The number of fused-ring (bicyclic) bond motifs is 1. The Kier molecular flexibility index (Phi) is 5.94. The summed E-state index contributed by atoms with van der Waals surface area (Å²) >= 11 is 0. The summed E-state index contributed by atoms with van der Waals surface area (Å²) in [5.74, 6) is 0.812. The predicted octanol–water partition coefficient (Wildman–Crippen LogP) is 4.04. The van der Waals surface area contributed by atoms with Gasteiger partial charge in [0.25, 0.3) is 5.91 Å². The van der Waals surface area contributed by atoms with Crippen LogP contribution < -0.4 is 5.32 Å². The lowest BCUT2D eigenvalue weighted by molar-refractivity contribution is 0.0951. The summed E-state index contributed by atoms with van der Waals surface area (Å²) in [6.45, 7) is 2.37. The largest absolute Gasteiger partial charge is 0.350 e. The van der Waals surface area contributed by atoms with Gasteiger partial charge in [-0.25, -0.2) is 4.98 Å². The third kappa shape index (κ3) is 4.27. The Morgan fingerprint density at radius 1 is 1.03 bits per heavy atom. The number of aromatic nitrogens is 3. The van der Waals surface area contributed by atoms with Gasteiger partial charge in [0.1, 0.15) is 5.82 Å². The van der Waals surface area contributed by atoms with Gasteiger partial charge >= 0.3 is 0 Å². The Morgan fingerprint density at radius 3 is 2.72 bits per heavy atom. The molecule has 32 heavy (non-hydrogen) atoms. The molecule has 3 aromatic heterocycles. The number of nitrogens with one attached hydrogen (secondary N) is 1. The highest BCUT2D eigenvalue weighted by Gasteiger charge is 2.31. The van der Waals surface area contributed by atoms with Gasteiger partial charge in [0.05, 0.1) is 17.3 Å². The molecular formula is C26H27N5O. The average Bonchev–Trinajstić information content (AvgIpc) is 3.45. The molecule has 1 aliphatic rings. The molecule has 5 rings (SSSR count). The number of rotatable bonds is 7. The zero-order valence-electron chi connectivity index (χ0n) is 18.0. The van der Waals surface area contributed by atoms with Crippen molar-refractivity contribution in [1.82, 2.24) is 24.6 Å². The fourth-order valence-electron chi connectivity index (χ4n) is 4.52. The number of hydrogen-bond donors (Lipinski definition) is 1. The van der Waals surface area contributed by atoms with Crippen molar-refractivity contribution in [3.8, 4) is 0 Å². The van der Waals surface area contributed by atoms with Crippen molar-refractivity contribution in [2.45, 2.75) is 31.8 Å². The lowest BCUT2D eigenvalue weighted by atomic mass is 10.1. The van der Waals surface area contributed by atoms with Crippen molar-refractivity contribution < 1.29 is 4.79 Å². The minimum absolute atomic E-state index is 0.120. The highest BCUT2D eigenvalue weighted by molar-refractivity contribution is 5.99. The SMILES string of the molecule is O=C(NCCc1ccccc1)c1nc([C@H]2CCCN2Cc2ccccn2)n2ccccc12. The summed E-state index contributed by atoms with van der Waals surface area (Å²) in [7, 11) is 0. The van der Waals surface area contributed by atoms with Crippen molar-refractivity contribution in [2.24, 2.45) is 0 Å². The van der Waals surface area contributed by atoms with Crippen LogP contribution in [-0.4, -0.2) is 38.3 Å². The number of carbonyl (C=O) groups is 1. The molecule has 4 aromatic rings. The molecule has 6 nitrogen and oxygen atoms in total. The van der Waals surface area contributed by atoms with Crippen LogP contribution in [0.25, 0.3) is 5.52 Å². The van der Waals surface area contributed by atoms with Gasteiger partial charge in [0, 0.05) is 25.5 Å². The van der Waals surface area contributed by atoms with Crippen LogP contribution in [-0.2, 0) is 13.0 Å². The van der Waals surface area contributed by atoms with Crippen molar-refractivity contribution in [3.63, 3.8) is 0 Å². The Labute approximate surface area is 187 Å². The number of carbonyl (C=O) groups excluding carboxylic acids is 1. The first-order valence-corrected chi connectivity index (χ1v) is 11.2. The Balaban J connectivity index is 1.37.